The van der Waals surface area contributed by atoms with E-state index in [-0.39, 0.29) is 0 Å². The standard InChI is InChI=1S/C9H10N2O4/c1-6(11(13)14)15-8-4-2-7(3-5-8)9(10)12/h2-6H,1H3,(H2,10,12). The smallest absolute Gasteiger partial charge is 0.350 e. The van der Waals surface area contributed by atoms with Gasteiger partial charge in [-0.15, -0.1) is 0 Å². The third-order valence-electron chi connectivity index (χ3n) is 1.74. The summed E-state index contributed by atoms with van der Waals surface area (Å²) in [4.78, 5) is 20.4. The van der Waals surface area contributed by atoms with Crippen LogP contribution >= 0.6 is 0 Å². The van der Waals surface area contributed by atoms with Crippen LogP contribution in [0.25, 0.3) is 0 Å². The fourth-order valence-corrected chi connectivity index (χ4v) is 0.938. The molecule has 1 atom stereocenters. The molecular formula is C9H10N2O4. The van der Waals surface area contributed by atoms with Crippen molar-refractivity contribution in [1.29, 1.82) is 0 Å². The summed E-state index contributed by atoms with van der Waals surface area (Å²) in [6, 6.07) is 5.81. The molecule has 0 spiro atoms. The molecule has 1 aromatic rings. The number of nitrogens with two attached hydrogens (primary N) is 1. The molecule has 15 heavy (non-hydrogen) atoms. The van der Waals surface area contributed by atoms with Gasteiger partial charge in [-0.25, -0.2) is 0 Å². The molecule has 0 heterocycles. The van der Waals surface area contributed by atoms with Gasteiger partial charge >= 0.3 is 6.23 Å². The second kappa shape index (κ2) is 4.41. The van der Waals surface area contributed by atoms with Gasteiger partial charge in [0.05, 0.1) is 4.92 Å². The van der Waals surface area contributed by atoms with E-state index in [0.717, 1.165) is 0 Å². The van der Waals surface area contributed by atoms with Crippen molar-refractivity contribution in [3.63, 3.8) is 0 Å². The number of ether oxygens (including phenoxy) is 1. The first-order valence-electron chi connectivity index (χ1n) is 4.20. The Hall–Kier alpha value is -2.11. The molecular weight excluding hydrogens is 200 g/mol. The summed E-state index contributed by atoms with van der Waals surface area (Å²) in [7, 11) is 0. The van der Waals surface area contributed by atoms with E-state index in [9.17, 15) is 14.9 Å². The highest BCUT2D eigenvalue weighted by atomic mass is 16.7. The van der Waals surface area contributed by atoms with E-state index in [4.69, 9.17) is 10.5 Å². The van der Waals surface area contributed by atoms with Crippen molar-refractivity contribution in [2.75, 3.05) is 0 Å². The van der Waals surface area contributed by atoms with Gasteiger partial charge in [0.25, 0.3) is 0 Å². The van der Waals surface area contributed by atoms with Crippen LogP contribution in [0.3, 0.4) is 0 Å². The summed E-state index contributed by atoms with van der Waals surface area (Å²) in [5.41, 5.74) is 5.36. The van der Waals surface area contributed by atoms with Crippen LogP contribution in [0, 0.1) is 10.1 Å². The second-order valence-electron chi connectivity index (χ2n) is 2.89. The summed E-state index contributed by atoms with van der Waals surface area (Å²) in [6.45, 7) is 1.32. The highest BCUT2D eigenvalue weighted by molar-refractivity contribution is 5.92. The Morgan fingerprint density at radius 2 is 2.00 bits per heavy atom. The van der Waals surface area contributed by atoms with Crippen LogP contribution < -0.4 is 10.5 Å². The van der Waals surface area contributed by atoms with Crippen molar-refractivity contribution < 1.29 is 14.5 Å². The van der Waals surface area contributed by atoms with Gasteiger partial charge in [0.1, 0.15) is 5.75 Å². The van der Waals surface area contributed by atoms with Crippen molar-refractivity contribution >= 4 is 5.91 Å². The summed E-state index contributed by atoms with van der Waals surface area (Å²) in [5.74, 6) is -0.229. The van der Waals surface area contributed by atoms with Gasteiger partial charge in [0.15, 0.2) is 0 Å². The molecule has 6 heteroatoms. The molecule has 1 rings (SSSR count). The van der Waals surface area contributed by atoms with Crippen molar-refractivity contribution in [2.24, 2.45) is 5.73 Å². The van der Waals surface area contributed by atoms with Crippen molar-refractivity contribution in [1.82, 2.24) is 0 Å². The monoisotopic (exact) mass is 210 g/mol. The zero-order valence-electron chi connectivity index (χ0n) is 8.04. The summed E-state index contributed by atoms with van der Waals surface area (Å²) < 4.78 is 4.96. The number of benzene rings is 1. The fourth-order valence-electron chi connectivity index (χ4n) is 0.938. The van der Waals surface area contributed by atoms with Crippen molar-refractivity contribution in [3.8, 4) is 5.75 Å². The summed E-state index contributed by atoms with van der Waals surface area (Å²) in [6.07, 6.45) is -1.12. The first-order chi connectivity index (χ1) is 7.00. The van der Waals surface area contributed by atoms with Crippen LogP contribution in [0.15, 0.2) is 24.3 Å². The summed E-state index contributed by atoms with van der Waals surface area (Å²) >= 11 is 0. The number of rotatable bonds is 4. The van der Waals surface area contributed by atoms with Gasteiger partial charge in [-0.05, 0) is 24.3 Å². The van der Waals surface area contributed by atoms with E-state index < -0.39 is 17.1 Å². The molecule has 0 saturated heterocycles. The lowest BCUT2D eigenvalue weighted by molar-refractivity contribution is -0.557. The van der Waals surface area contributed by atoms with Crippen LogP contribution in [-0.4, -0.2) is 17.1 Å². The Kier molecular flexibility index (Phi) is 3.22. The van der Waals surface area contributed by atoms with Crippen molar-refractivity contribution in [3.05, 3.63) is 39.9 Å². The van der Waals surface area contributed by atoms with Crippen LogP contribution in [0.4, 0.5) is 0 Å². The molecule has 0 bridgehead atoms. The molecule has 2 N–H and O–H groups in total. The van der Waals surface area contributed by atoms with E-state index >= 15 is 0 Å². The Balaban J connectivity index is 2.72. The molecule has 1 unspecified atom stereocenters. The van der Waals surface area contributed by atoms with Gasteiger partial charge in [0, 0.05) is 12.5 Å². The van der Waals surface area contributed by atoms with Crippen LogP contribution in [0.5, 0.6) is 5.75 Å². The molecule has 0 aliphatic rings. The lowest BCUT2D eigenvalue weighted by Gasteiger charge is -2.07. The fraction of sp³-hybridized carbons (Fsp3) is 0.222. The third kappa shape index (κ3) is 2.94. The second-order valence-corrected chi connectivity index (χ2v) is 2.89. The number of amides is 1. The van der Waals surface area contributed by atoms with Gasteiger partial charge in [-0.3, -0.25) is 14.9 Å². The number of carbonyl (C=O) groups is 1. The van der Waals surface area contributed by atoms with Crippen molar-refractivity contribution in [2.45, 2.75) is 13.2 Å². The molecule has 0 fully saturated rings. The predicted molar refractivity (Wildman–Crippen MR) is 52.0 cm³/mol. The quantitative estimate of drug-likeness (QED) is 0.451. The Bertz CT molecular complexity index is 374. The maximum atomic E-state index is 10.7. The molecule has 0 aliphatic heterocycles. The van der Waals surface area contributed by atoms with Crippen LogP contribution in [0.2, 0.25) is 0 Å². The van der Waals surface area contributed by atoms with Crippen LogP contribution in [-0.2, 0) is 0 Å². The molecule has 0 radical (unpaired) electrons. The van der Waals surface area contributed by atoms with Gasteiger partial charge < -0.3 is 10.5 Å². The van der Waals surface area contributed by atoms with E-state index in [2.05, 4.69) is 0 Å². The zero-order chi connectivity index (χ0) is 11.4. The van der Waals surface area contributed by atoms with Gasteiger partial charge in [-0.2, -0.15) is 0 Å². The average Bonchev–Trinajstić information content (AvgIpc) is 2.18. The third-order valence-corrected chi connectivity index (χ3v) is 1.74. The molecule has 0 aromatic heterocycles. The predicted octanol–water partition coefficient (Wildman–Crippen LogP) is 0.787. The van der Waals surface area contributed by atoms with E-state index in [0.29, 0.717) is 11.3 Å². The minimum Gasteiger partial charge on any atom is -0.430 e. The lowest BCUT2D eigenvalue weighted by Crippen LogP contribution is -2.22. The zero-order valence-corrected chi connectivity index (χ0v) is 8.04. The van der Waals surface area contributed by atoms with Gasteiger partial charge in [-0.1, -0.05) is 0 Å². The number of nitro groups is 1. The minimum absolute atomic E-state index is 0.323. The van der Waals surface area contributed by atoms with E-state index in [1.165, 1.54) is 31.2 Å². The highest BCUT2D eigenvalue weighted by Gasteiger charge is 2.13. The molecule has 0 saturated carbocycles. The summed E-state index contributed by atoms with van der Waals surface area (Å²) in [5, 5.41) is 10.3. The Morgan fingerprint density at radius 3 is 2.40 bits per heavy atom. The molecule has 1 aromatic carbocycles. The molecule has 80 valence electrons. The maximum Gasteiger partial charge on any atom is 0.350 e. The SMILES string of the molecule is CC(Oc1ccc(C(N)=O)cc1)[N+](=O)[O-]. The number of carbonyl (C=O) groups excluding carboxylic acids is 1. The number of nitrogens with zero attached hydrogens (tertiary/aromatic N) is 1. The van der Waals surface area contributed by atoms with E-state index in [1.807, 2.05) is 0 Å². The highest BCUT2D eigenvalue weighted by Crippen LogP contribution is 2.13. The topological polar surface area (TPSA) is 95.5 Å². The molecule has 6 nitrogen and oxygen atoms in total. The maximum absolute atomic E-state index is 10.7. The first-order valence-corrected chi connectivity index (χ1v) is 4.20. The molecule has 1 amide bonds. The Labute approximate surface area is 85.8 Å². The average molecular weight is 210 g/mol. The van der Waals surface area contributed by atoms with Gasteiger partial charge in [0.2, 0.25) is 5.91 Å². The first kappa shape index (κ1) is 11.0. The minimum atomic E-state index is -1.12. The van der Waals surface area contributed by atoms with Crippen LogP contribution in [0.1, 0.15) is 17.3 Å². The lowest BCUT2D eigenvalue weighted by atomic mass is 10.2. The molecule has 0 aliphatic carbocycles. The number of hydrogen-bond donors (Lipinski definition) is 1. The Morgan fingerprint density at radius 1 is 1.47 bits per heavy atom. The number of hydrogen-bond acceptors (Lipinski definition) is 4. The number of primary amides is 1. The van der Waals surface area contributed by atoms with E-state index in [1.54, 1.807) is 0 Å². The largest absolute Gasteiger partial charge is 0.430 e. The normalized spacial score (nSPS) is 11.8.